The molecule has 2 aromatic carbocycles. The molecule has 240 valence electrons. The monoisotopic (exact) mass is 611 g/mol. The van der Waals surface area contributed by atoms with Gasteiger partial charge in [0, 0.05) is 48.3 Å². The lowest BCUT2D eigenvalue weighted by Crippen LogP contribution is -2.47. The minimum atomic E-state index is -0.944. The Balaban J connectivity index is 1.50. The molecule has 3 aliphatic rings. The van der Waals surface area contributed by atoms with Crippen molar-refractivity contribution in [3.05, 3.63) is 53.1 Å². The summed E-state index contributed by atoms with van der Waals surface area (Å²) >= 11 is 0. The van der Waals surface area contributed by atoms with E-state index in [0.717, 1.165) is 29.7 Å². The Hall–Kier alpha value is -3.22. The largest absolute Gasteiger partial charge is 0.481 e. The Kier molecular flexibility index (Phi) is 10.1. The summed E-state index contributed by atoms with van der Waals surface area (Å²) in [5, 5.41) is 20.8. The van der Waals surface area contributed by atoms with E-state index in [1.807, 2.05) is 49.1 Å². The van der Waals surface area contributed by atoms with Crippen LogP contribution < -0.4 is 20.1 Å². The number of aliphatic carboxylic acids is 1. The highest BCUT2D eigenvalue weighted by Gasteiger charge is 2.51. The van der Waals surface area contributed by atoms with Crippen molar-refractivity contribution < 1.29 is 38.7 Å². The quantitative estimate of drug-likeness (QED) is 0.308. The summed E-state index contributed by atoms with van der Waals surface area (Å²) < 4.78 is 22.9. The second kappa shape index (κ2) is 13.8. The number of ether oxygens (including phenoxy) is 4. The van der Waals surface area contributed by atoms with Crippen molar-refractivity contribution in [3.63, 3.8) is 0 Å². The Morgan fingerprint density at radius 3 is 2.59 bits per heavy atom. The third-order valence-electron chi connectivity index (χ3n) is 9.03. The molecule has 2 aromatic rings. The van der Waals surface area contributed by atoms with E-state index in [1.165, 1.54) is 0 Å². The van der Waals surface area contributed by atoms with Crippen molar-refractivity contribution in [2.45, 2.75) is 71.4 Å². The molecule has 2 saturated heterocycles. The van der Waals surface area contributed by atoms with Gasteiger partial charge in [0.1, 0.15) is 0 Å². The van der Waals surface area contributed by atoms with Crippen molar-refractivity contribution >= 4 is 17.6 Å². The first-order valence-corrected chi connectivity index (χ1v) is 15.5. The SMILES string of the molecule is CCCCN(C(=O)CN1C[C@H](c2cc(CO)c3c(c2)OCO3)[C@@H](C(=O)O)[C@@H]1CC(C)(C)C1OCCO1)c1cccc(CN)c1. The molecule has 1 amide bonds. The number of nitrogens with zero attached hydrogens (tertiary/aromatic N) is 2. The first-order chi connectivity index (χ1) is 21.2. The third kappa shape index (κ3) is 6.72. The summed E-state index contributed by atoms with van der Waals surface area (Å²) in [5.41, 5.74) is 8.38. The van der Waals surface area contributed by atoms with E-state index in [0.29, 0.717) is 56.3 Å². The Morgan fingerprint density at radius 2 is 1.91 bits per heavy atom. The van der Waals surface area contributed by atoms with Gasteiger partial charge in [-0.3, -0.25) is 14.5 Å². The van der Waals surface area contributed by atoms with Crippen LogP contribution in [0.1, 0.15) is 62.6 Å². The second-order valence-electron chi connectivity index (χ2n) is 12.6. The van der Waals surface area contributed by atoms with Crippen molar-refractivity contribution in [2.75, 3.05) is 44.5 Å². The van der Waals surface area contributed by atoms with Crippen LogP contribution in [0, 0.1) is 11.3 Å². The molecule has 0 unspecified atom stereocenters. The number of carbonyl (C=O) groups excluding carboxylic acids is 1. The average molecular weight is 612 g/mol. The fraction of sp³-hybridized carbons (Fsp3) is 0.576. The van der Waals surface area contributed by atoms with Gasteiger partial charge in [0.15, 0.2) is 17.8 Å². The molecule has 3 aliphatic heterocycles. The summed E-state index contributed by atoms with van der Waals surface area (Å²) in [7, 11) is 0. The van der Waals surface area contributed by atoms with Gasteiger partial charge in [0.2, 0.25) is 12.7 Å². The average Bonchev–Trinajstić information content (AvgIpc) is 3.78. The van der Waals surface area contributed by atoms with Crippen molar-refractivity contribution in [1.29, 1.82) is 0 Å². The number of amides is 1. The molecule has 44 heavy (non-hydrogen) atoms. The van der Waals surface area contributed by atoms with Crippen LogP contribution in [0.4, 0.5) is 5.69 Å². The predicted octanol–water partition coefficient (Wildman–Crippen LogP) is 3.46. The van der Waals surface area contributed by atoms with E-state index in [-0.39, 0.29) is 25.9 Å². The van der Waals surface area contributed by atoms with Gasteiger partial charge in [0.05, 0.1) is 32.3 Å². The molecule has 0 aromatic heterocycles. The highest BCUT2D eigenvalue weighted by Crippen LogP contribution is 2.47. The molecule has 3 heterocycles. The number of nitrogens with two attached hydrogens (primary N) is 1. The molecule has 0 bridgehead atoms. The standard InChI is InChI=1S/C33H45N3O8/c1-4-5-9-36(24-8-6-7-21(12-24)16-34)28(38)18-35-17-25(22-13-23(19-37)30-27(14-22)43-20-44-30)29(31(39)40)26(35)15-33(2,3)32-41-10-11-42-32/h6-8,12-14,25-26,29,32,37H,4-5,9-11,15-20,34H2,1-3H3,(H,39,40)/t25-,26+,29-/m1/s1. The Labute approximate surface area is 258 Å². The van der Waals surface area contributed by atoms with Gasteiger partial charge in [-0.15, -0.1) is 0 Å². The number of anilines is 1. The van der Waals surface area contributed by atoms with Crippen LogP contribution >= 0.6 is 0 Å². The lowest BCUT2D eigenvalue weighted by atomic mass is 9.77. The summed E-state index contributed by atoms with van der Waals surface area (Å²) in [5.74, 6) is -1.37. The highest BCUT2D eigenvalue weighted by atomic mass is 16.7. The molecule has 11 heteroatoms. The summed E-state index contributed by atoms with van der Waals surface area (Å²) in [6.07, 6.45) is 1.71. The molecule has 0 aliphatic carbocycles. The van der Waals surface area contributed by atoms with Crippen molar-refractivity contribution in [3.8, 4) is 11.5 Å². The minimum Gasteiger partial charge on any atom is -0.481 e. The lowest BCUT2D eigenvalue weighted by Gasteiger charge is -2.37. The maximum Gasteiger partial charge on any atom is 0.308 e. The number of aliphatic hydroxyl groups is 1. The van der Waals surface area contributed by atoms with Gasteiger partial charge in [-0.05, 0) is 48.2 Å². The topological polar surface area (TPSA) is 144 Å². The van der Waals surface area contributed by atoms with E-state index in [4.69, 9.17) is 24.7 Å². The number of hydrogen-bond donors (Lipinski definition) is 3. The van der Waals surface area contributed by atoms with Gasteiger partial charge < -0.3 is 39.8 Å². The van der Waals surface area contributed by atoms with Crippen LogP contribution in [0.2, 0.25) is 0 Å². The van der Waals surface area contributed by atoms with Crippen molar-refractivity contribution in [1.82, 2.24) is 4.90 Å². The number of rotatable bonds is 13. The van der Waals surface area contributed by atoms with Crippen LogP contribution in [-0.2, 0) is 32.2 Å². The maximum absolute atomic E-state index is 14.1. The first-order valence-electron chi connectivity index (χ1n) is 15.5. The molecule has 3 atom stereocenters. The lowest BCUT2D eigenvalue weighted by molar-refractivity contribution is -0.147. The molecular weight excluding hydrogens is 566 g/mol. The molecule has 11 nitrogen and oxygen atoms in total. The van der Waals surface area contributed by atoms with Gasteiger partial charge >= 0.3 is 5.97 Å². The fourth-order valence-corrected chi connectivity index (χ4v) is 6.79. The number of aliphatic hydroxyl groups excluding tert-OH is 1. The number of carbonyl (C=O) groups is 2. The summed E-state index contributed by atoms with van der Waals surface area (Å²) in [6.45, 7) is 8.16. The fourth-order valence-electron chi connectivity index (χ4n) is 6.79. The maximum atomic E-state index is 14.1. The number of benzene rings is 2. The van der Waals surface area contributed by atoms with E-state index in [9.17, 15) is 19.8 Å². The van der Waals surface area contributed by atoms with Crippen LogP contribution in [0.25, 0.3) is 0 Å². The second-order valence-corrected chi connectivity index (χ2v) is 12.6. The van der Waals surface area contributed by atoms with E-state index >= 15 is 0 Å². The molecule has 5 rings (SSSR count). The van der Waals surface area contributed by atoms with Crippen LogP contribution in [-0.4, -0.2) is 79.0 Å². The van der Waals surface area contributed by atoms with Crippen LogP contribution in [0.15, 0.2) is 36.4 Å². The van der Waals surface area contributed by atoms with Gasteiger partial charge in [-0.1, -0.05) is 39.3 Å². The highest BCUT2D eigenvalue weighted by molar-refractivity contribution is 5.95. The summed E-state index contributed by atoms with van der Waals surface area (Å²) in [6, 6.07) is 10.8. The predicted molar refractivity (Wildman–Crippen MR) is 163 cm³/mol. The number of fused-ring (bicyclic) bond motifs is 1. The zero-order chi connectivity index (χ0) is 31.4. The molecule has 0 radical (unpaired) electrons. The molecule has 4 N–H and O–H groups in total. The molecule has 2 fully saturated rings. The molecule has 0 saturated carbocycles. The normalized spacial score (nSPS) is 22.1. The van der Waals surface area contributed by atoms with Gasteiger partial charge in [-0.2, -0.15) is 0 Å². The zero-order valence-electron chi connectivity index (χ0n) is 25.9. The van der Waals surface area contributed by atoms with Gasteiger partial charge in [-0.25, -0.2) is 0 Å². The van der Waals surface area contributed by atoms with Crippen molar-refractivity contribution in [2.24, 2.45) is 17.1 Å². The number of carboxylic acid groups (broad SMARTS) is 1. The number of hydrogen-bond acceptors (Lipinski definition) is 9. The van der Waals surface area contributed by atoms with E-state index < -0.39 is 35.6 Å². The summed E-state index contributed by atoms with van der Waals surface area (Å²) in [4.78, 5) is 31.0. The molecule has 0 spiro atoms. The van der Waals surface area contributed by atoms with E-state index in [1.54, 1.807) is 11.0 Å². The smallest absolute Gasteiger partial charge is 0.308 e. The van der Waals surface area contributed by atoms with E-state index in [2.05, 4.69) is 6.92 Å². The van der Waals surface area contributed by atoms with Crippen LogP contribution in [0.3, 0.4) is 0 Å². The minimum absolute atomic E-state index is 0.0383. The third-order valence-corrected chi connectivity index (χ3v) is 9.03. The number of unbranched alkanes of at least 4 members (excludes halogenated alkanes) is 1. The number of likely N-dealkylation sites (tertiary alicyclic amines) is 1. The first kappa shape index (κ1) is 32.2. The van der Waals surface area contributed by atoms with Gasteiger partial charge in [0.25, 0.3) is 0 Å². The van der Waals surface area contributed by atoms with Crippen LogP contribution in [0.5, 0.6) is 11.5 Å². The Bertz CT molecular complexity index is 1330. The Morgan fingerprint density at radius 1 is 1.14 bits per heavy atom. The molecular formula is C33H45N3O8. The zero-order valence-corrected chi connectivity index (χ0v) is 25.9. The number of carboxylic acids is 1.